The summed E-state index contributed by atoms with van der Waals surface area (Å²) in [6, 6.07) is 50.7. The van der Waals surface area contributed by atoms with Crippen LogP contribution in [0.1, 0.15) is 33.4 Å². The van der Waals surface area contributed by atoms with Gasteiger partial charge in [-0.25, -0.2) is 17.6 Å². The topological polar surface area (TPSA) is 6.48 Å². The molecule has 0 aromatic heterocycles. The van der Waals surface area contributed by atoms with Gasteiger partial charge in [0.05, 0.1) is 11.1 Å². The SMILES string of the molecule is Cc1ccc(N(c2ccccc2)c2ccc(/C=C\c3c(F)c(F)c(/C=C\c4ccc(N(c5ccccc5)c5ccc(C)cc5)cc4)c(F)c3F)cc2)cc1. The van der Waals surface area contributed by atoms with Gasteiger partial charge in [-0.2, -0.15) is 0 Å². The average Bonchev–Trinajstić information content (AvgIpc) is 3.21. The Labute approximate surface area is 313 Å². The van der Waals surface area contributed by atoms with E-state index in [0.29, 0.717) is 11.1 Å². The van der Waals surface area contributed by atoms with Gasteiger partial charge in [0.15, 0.2) is 23.3 Å². The zero-order valence-electron chi connectivity index (χ0n) is 29.7. The highest BCUT2D eigenvalue weighted by atomic mass is 19.2. The van der Waals surface area contributed by atoms with Crippen molar-refractivity contribution < 1.29 is 17.6 Å². The Bertz CT molecular complexity index is 2200. The molecular formula is C48H36F4N2. The number of hydrogen-bond donors (Lipinski definition) is 0. The summed E-state index contributed by atoms with van der Waals surface area (Å²) in [5, 5.41) is 0. The lowest BCUT2D eigenvalue weighted by molar-refractivity contribution is 0.448. The zero-order chi connectivity index (χ0) is 37.6. The Kier molecular flexibility index (Phi) is 10.5. The van der Waals surface area contributed by atoms with Crippen molar-refractivity contribution in [1.29, 1.82) is 0 Å². The lowest BCUT2D eigenvalue weighted by Gasteiger charge is -2.25. The lowest BCUT2D eigenvalue weighted by atomic mass is 10.0. The van der Waals surface area contributed by atoms with Crippen molar-refractivity contribution in [3.8, 4) is 0 Å². The van der Waals surface area contributed by atoms with Crippen LogP contribution in [-0.4, -0.2) is 0 Å². The Morgan fingerprint density at radius 3 is 0.870 bits per heavy atom. The standard InChI is InChI=1S/C48H36F4N2/c1-33-13-23-39(24-14-33)53(37-9-5-3-6-10-37)41-27-17-35(18-28-41)21-31-43-45(49)47(51)44(48(52)46(43)50)32-22-36-19-29-42(30-20-36)54(38-11-7-4-8-12-38)40-25-15-34(2)16-26-40/h3-32H,1-2H3/b31-21-,32-22-. The van der Waals surface area contributed by atoms with Crippen LogP contribution in [0.3, 0.4) is 0 Å². The minimum Gasteiger partial charge on any atom is -0.311 e. The quantitative estimate of drug-likeness (QED) is 0.0790. The molecule has 0 heterocycles. The third-order valence-electron chi connectivity index (χ3n) is 9.13. The predicted octanol–water partition coefficient (Wildman–Crippen LogP) is 14.1. The normalized spacial score (nSPS) is 11.4. The molecule has 0 aliphatic rings. The van der Waals surface area contributed by atoms with E-state index < -0.39 is 34.4 Å². The molecule has 0 N–H and O–H groups in total. The van der Waals surface area contributed by atoms with Crippen molar-refractivity contribution in [2.75, 3.05) is 9.80 Å². The summed E-state index contributed by atoms with van der Waals surface area (Å²) in [4.78, 5) is 4.17. The summed E-state index contributed by atoms with van der Waals surface area (Å²) in [6.45, 7) is 4.05. The zero-order valence-corrected chi connectivity index (χ0v) is 29.7. The second-order valence-electron chi connectivity index (χ2n) is 12.9. The number of halogens is 4. The third-order valence-corrected chi connectivity index (χ3v) is 9.13. The van der Waals surface area contributed by atoms with Gasteiger partial charge in [0.2, 0.25) is 0 Å². The number of hydrogen-bond acceptors (Lipinski definition) is 2. The summed E-state index contributed by atoms with van der Waals surface area (Å²) in [6.07, 6.45) is 4.96. The number of benzene rings is 7. The molecule has 266 valence electrons. The number of anilines is 6. The van der Waals surface area contributed by atoms with E-state index in [4.69, 9.17) is 0 Å². The monoisotopic (exact) mass is 716 g/mol. The third kappa shape index (κ3) is 7.74. The lowest BCUT2D eigenvalue weighted by Crippen LogP contribution is -2.09. The summed E-state index contributed by atoms with van der Waals surface area (Å²) in [5.74, 6) is -5.88. The van der Waals surface area contributed by atoms with E-state index >= 15 is 17.6 Å². The van der Waals surface area contributed by atoms with Gasteiger partial charge >= 0.3 is 0 Å². The highest BCUT2D eigenvalue weighted by Gasteiger charge is 2.23. The fraction of sp³-hybridized carbons (Fsp3) is 0.0417. The van der Waals surface area contributed by atoms with Crippen LogP contribution in [0.4, 0.5) is 51.7 Å². The Hall–Kier alpha value is -6.66. The highest BCUT2D eigenvalue weighted by Crippen LogP contribution is 2.36. The largest absolute Gasteiger partial charge is 0.311 e. The maximum Gasteiger partial charge on any atom is 0.169 e. The molecule has 0 saturated heterocycles. The second kappa shape index (κ2) is 15.9. The molecule has 0 saturated carbocycles. The summed E-state index contributed by atoms with van der Waals surface area (Å²) >= 11 is 0. The van der Waals surface area contributed by atoms with Gasteiger partial charge in [-0.1, -0.05) is 108 Å². The van der Waals surface area contributed by atoms with E-state index in [-0.39, 0.29) is 0 Å². The fourth-order valence-corrected chi connectivity index (χ4v) is 6.22. The van der Waals surface area contributed by atoms with Gasteiger partial charge in [-0.05, 0) is 110 Å². The van der Waals surface area contributed by atoms with Crippen LogP contribution in [0.15, 0.2) is 158 Å². The van der Waals surface area contributed by atoms with Gasteiger partial charge in [0, 0.05) is 34.1 Å². The van der Waals surface area contributed by atoms with Gasteiger partial charge < -0.3 is 9.80 Å². The Morgan fingerprint density at radius 2 is 0.574 bits per heavy atom. The molecule has 0 aliphatic carbocycles. The second-order valence-corrected chi connectivity index (χ2v) is 12.9. The molecule has 0 aliphatic heterocycles. The van der Waals surface area contributed by atoms with Crippen molar-refractivity contribution in [1.82, 2.24) is 0 Å². The fourth-order valence-electron chi connectivity index (χ4n) is 6.22. The number of para-hydroxylation sites is 2. The molecule has 0 atom stereocenters. The van der Waals surface area contributed by atoms with Crippen molar-refractivity contribution in [2.24, 2.45) is 0 Å². The van der Waals surface area contributed by atoms with Gasteiger partial charge in [-0.15, -0.1) is 0 Å². The maximum absolute atomic E-state index is 15.3. The Morgan fingerprint density at radius 1 is 0.315 bits per heavy atom. The van der Waals surface area contributed by atoms with Gasteiger partial charge in [0.1, 0.15) is 0 Å². The van der Waals surface area contributed by atoms with Crippen molar-refractivity contribution in [2.45, 2.75) is 13.8 Å². The molecule has 0 amide bonds. The van der Waals surface area contributed by atoms with E-state index in [1.807, 2.05) is 147 Å². The molecule has 0 unspecified atom stereocenters. The van der Waals surface area contributed by atoms with Crippen molar-refractivity contribution >= 4 is 58.4 Å². The van der Waals surface area contributed by atoms with Crippen LogP contribution in [0.5, 0.6) is 0 Å². The first-order valence-electron chi connectivity index (χ1n) is 17.5. The van der Waals surface area contributed by atoms with Crippen LogP contribution in [0.2, 0.25) is 0 Å². The smallest absolute Gasteiger partial charge is 0.169 e. The van der Waals surface area contributed by atoms with E-state index in [1.54, 1.807) is 24.3 Å². The van der Waals surface area contributed by atoms with Crippen LogP contribution >= 0.6 is 0 Å². The first kappa shape index (κ1) is 35.7. The molecule has 6 heteroatoms. The number of nitrogens with zero attached hydrogens (tertiary/aromatic N) is 2. The first-order valence-corrected chi connectivity index (χ1v) is 17.5. The molecule has 7 aromatic rings. The van der Waals surface area contributed by atoms with Crippen LogP contribution < -0.4 is 9.80 Å². The average molecular weight is 717 g/mol. The molecule has 0 bridgehead atoms. The summed E-state index contributed by atoms with van der Waals surface area (Å²) in [7, 11) is 0. The first-order chi connectivity index (χ1) is 26.3. The van der Waals surface area contributed by atoms with Crippen molar-refractivity contribution in [3.63, 3.8) is 0 Å². The van der Waals surface area contributed by atoms with Crippen LogP contribution in [0, 0.1) is 37.1 Å². The number of aryl methyl sites for hydroxylation is 2. The van der Waals surface area contributed by atoms with E-state index in [0.717, 1.165) is 57.4 Å². The maximum atomic E-state index is 15.3. The Balaban J connectivity index is 1.11. The van der Waals surface area contributed by atoms with E-state index in [2.05, 4.69) is 9.80 Å². The molecule has 0 radical (unpaired) electrons. The minimum absolute atomic E-state index is 0.593. The van der Waals surface area contributed by atoms with Gasteiger partial charge in [0.25, 0.3) is 0 Å². The molecule has 7 rings (SSSR count). The van der Waals surface area contributed by atoms with Crippen LogP contribution in [0.25, 0.3) is 24.3 Å². The number of rotatable bonds is 10. The highest BCUT2D eigenvalue weighted by molar-refractivity contribution is 5.80. The predicted molar refractivity (Wildman–Crippen MR) is 216 cm³/mol. The molecular weight excluding hydrogens is 681 g/mol. The van der Waals surface area contributed by atoms with Gasteiger partial charge in [-0.3, -0.25) is 0 Å². The van der Waals surface area contributed by atoms with E-state index in [1.165, 1.54) is 12.2 Å². The molecule has 0 fully saturated rings. The summed E-state index contributed by atoms with van der Waals surface area (Å²) < 4.78 is 61.3. The molecule has 54 heavy (non-hydrogen) atoms. The van der Waals surface area contributed by atoms with Crippen molar-refractivity contribution in [3.05, 3.63) is 214 Å². The van der Waals surface area contributed by atoms with Crippen LogP contribution in [-0.2, 0) is 0 Å². The molecule has 0 spiro atoms. The van der Waals surface area contributed by atoms with E-state index in [9.17, 15) is 0 Å². The summed E-state index contributed by atoms with van der Waals surface area (Å²) in [5.41, 5.74) is 7.44. The molecule has 2 nitrogen and oxygen atoms in total. The minimum atomic E-state index is -1.47. The molecule has 7 aromatic carbocycles.